The molecule has 0 atom stereocenters. The zero-order chi connectivity index (χ0) is 35.0. The van der Waals surface area contributed by atoms with Crippen LogP contribution in [0.1, 0.15) is 64.7 Å². The Hall–Kier alpha value is -1.95. The van der Waals surface area contributed by atoms with E-state index in [-0.39, 0.29) is 31.3 Å². The van der Waals surface area contributed by atoms with Crippen LogP contribution in [-0.4, -0.2) is 155 Å². The van der Waals surface area contributed by atoms with E-state index in [4.69, 9.17) is 52.5 Å². The highest BCUT2D eigenvalue weighted by Gasteiger charge is 2.04. The van der Waals surface area contributed by atoms with Crippen LogP contribution in [0.2, 0.25) is 0 Å². The number of hydrogen-bond acceptors (Lipinski definition) is 13. The van der Waals surface area contributed by atoms with Gasteiger partial charge in [-0.2, -0.15) is 0 Å². The van der Waals surface area contributed by atoms with E-state index in [2.05, 4.69) is 12.2 Å². The Morgan fingerprint density at radius 1 is 0.438 bits per heavy atom. The van der Waals surface area contributed by atoms with Crippen LogP contribution in [-0.2, 0) is 61.8 Å². The van der Waals surface area contributed by atoms with Crippen molar-refractivity contribution in [3.05, 3.63) is 0 Å². The van der Waals surface area contributed by atoms with Crippen LogP contribution in [0.4, 0.5) is 0 Å². The standard InChI is InChI=1S/C33H63NO14/c1-2-3-4-5-6-8-33(38)48-30-29-47-28-27-46-26-25-45-24-23-44-22-21-43-20-19-42-18-17-41-16-15-40-14-13-39-12-7-11-34-31(35)9-10-32(36)37/h2-30H2,1H3,(H,34,35)(H,36,37). The summed E-state index contributed by atoms with van der Waals surface area (Å²) in [4.78, 5) is 33.4. The third kappa shape index (κ3) is 40.2. The van der Waals surface area contributed by atoms with E-state index < -0.39 is 5.97 Å². The molecular weight excluding hydrogens is 634 g/mol. The smallest absolute Gasteiger partial charge is 0.305 e. The van der Waals surface area contributed by atoms with Gasteiger partial charge in [0.2, 0.25) is 5.91 Å². The quantitative estimate of drug-likeness (QED) is 0.0705. The molecule has 284 valence electrons. The number of aliphatic carboxylic acids is 1. The number of unbranched alkanes of at least 4 members (excludes halogenated alkanes) is 4. The van der Waals surface area contributed by atoms with Crippen molar-refractivity contribution in [2.45, 2.75) is 64.7 Å². The molecule has 0 rings (SSSR count). The minimum absolute atomic E-state index is 0.0118. The Balaban J connectivity index is 3.12. The molecule has 0 heterocycles. The van der Waals surface area contributed by atoms with Gasteiger partial charge in [-0.25, -0.2) is 0 Å². The number of carboxylic acids is 1. The Morgan fingerprint density at radius 3 is 1.21 bits per heavy atom. The molecule has 0 aromatic heterocycles. The van der Waals surface area contributed by atoms with E-state index in [0.29, 0.717) is 138 Å². The summed E-state index contributed by atoms with van der Waals surface area (Å²) in [7, 11) is 0. The van der Waals surface area contributed by atoms with Gasteiger partial charge in [0.25, 0.3) is 0 Å². The van der Waals surface area contributed by atoms with Gasteiger partial charge >= 0.3 is 11.9 Å². The number of ether oxygens (including phenoxy) is 10. The lowest BCUT2D eigenvalue weighted by Crippen LogP contribution is -2.25. The summed E-state index contributed by atoms with van der Waals surface area (Å²) in [6, 6.07) is 0. The fourth-order valence-corrected chi connectivity index (χ4v) is 3.73. The van der Waals surface area contributed by atoms with Crippen molar-refractivity contribution in [3.63, 3.8) is 0 Å². The van der Waals surface area contributed by atoms with Crippen molar-refractivity contribution >= 4 is 17.8 Å². The topological polar surface area (TPSA) is 176 Å². The number of carboxylic acid groups (broad SMARTS) is 1. The molecule has 15 heteroatoms. The molecule has 0 spiro atoms. The molecule has 0 saturated heterocycles. The lowest BCUT2D eigenvalue weighted by molar-refractivity contribution is -0.145. The van der Waals surface area contributed by atoms with E-state index in [1.54, 1.807) is 0 Å². The Bertz CT molecular complexity index is 716. The number of carbonyl (C=O) groups excluding carboxylic acids is 2. The first-order valence-electron chi connectivity index (χ1n) is 17.4. The van der Waals surface area contributed by atoms with Crippen LogP contribution in [0.15, 0.2) is 0 Å². The molecule has 0 radical (unpaired) electrons. The molecule has 0 aromatic rings. The third-order valence-corrected chi connectivity index (χ3v) is 6.30. The fraction of sp³-hybridized carbons (Fsp3) is 0.909. The van der Waals surface area contributed by atoms with E-state index >= 15 is 0 Å². The largest absolute Gasteiger partial charge is 0.481 e. The molecule has 0 aliphatic carbocycles. The molecule has 0 aliphatic heterocycles. The van der Waals surface area contributed by atoms with Crippen LogP contribution >= 0.6 is 0 Å². The number of carbonyl (C=O) groups is 3. The summed E-state index contributed by atoms with van der Waals surface area (Å²) < 4.78 is 54.1. The van der Waals surface area contributed by atoms with E-state index in [9.17, 15) is 14.4 Å². The van der Waals surface area contributed by atoms with Crippen LogP contribution in [0, 0.1) is 0 Å². The van der Waals surface area contributed by atoms with Crippen LogP contribution in [0.25, 0.3) is 0 Å². The van der Waals surface area contributed by atoms with Gasteiger partial charge in [0.15, 0.2) is 0 Å². The molecule has 2 N–H and O–H groups in total. The molecule has 48 heavy (non-hydrogen) atoms. The molecule has 0 unspecified atom stereocenters. The van der Waals surface area contributed by atoms with Gasteiger partial charge in [0, 0.05) is 26.0 Å². The number of amides is 1. The maximum Gasteiger partial charge on any atom is 0.305 e. The minimum atomic E-state index is -0.984. The molecule has 15 nitrogen and oxygen atoms in total. The summed E-state index contributed by atoms with van der Waals surface area (Å²) in [6.45, 7) is 11.2. The summed E-state index contributed by atoms with van der Waals surface area (Å²) in [6.07, 6.45) is 6.51. The predicted molar refractivity (Wildman–Crippen MR) is 176 cm³/mol. The zero-order valence-corrected chi connectivity index (χ0v) is 29.3. The normalized spacial score (nSPS) is 11.2. The summed E-state index contributed by atoms with van der Waals surface area (Å²) >= 11 is 0. The highest BCUT2D eigenvalue weighted by atomic mass is 16.6. The van der Waals surface area contributed by atoms with E-state index in [1.807, 2.05) is 0 Å². The number of esters is 1. The van der Waals surface area contributed by atoms with Crippen molar-refractivity contribution in [1.82, 2.24) is 5.32 Å². The molecule has 0 fully saturated rings. The van der Waals surface area contributed by atoms with E-state index in [0.717, 1.165) is 12.8 Å². The van der Waals surface area contributed by atoms with E-state index in [1.165, 1.54) is 19.3 Å². The van der Waals surface area contributed by atoms with Crippen molar-refractivity contribution < 1.29 is 66.9 Å². The Kier molecular flexibility index (Phi) is 37.9. The average molecular weight is 698 g/mol. The summed E-state index contributed by atoms with van der Waals surface area (Å²) in [5.74, 6) is -1.41. The molecular formula is C33H63NO14. The second-order valence-electron chi connectivity index (χ2n) is 10.5. The highest BCUT2D eigenvalue weighted by Crippen LogP contribution is 2.05. The first-order chi connectivity index (χ1) is 23.6. The van der Waals surface area contributed by atoms with Gasteiger partial charge in [-0.1, -0.05) is 32.6 Å². The summed E-state index contributed by atoms with van der Waals surface area (Å²) in [5, 5.41) is 11.2. The lowest BCUT2D eigenvalue weighted by Gasteiger charge is -2.09. The van der Waals surface area contributed by atoms with Crippen LogP contribution in [0.5, 0.6) is 0 Å². The fourth-order valence-electron chi connectivity index (χ4n) is 3.73. The molecule has 0 bridgehead atoms. The van der Waals surface area contributed by atoms with Gasteiger partial charge in [0.1, 0.15) is 6.61 Å². The lowest BCUT2D eigenvalue weighted by atomic mass is 10.1. The molecule has 0 aliphatic rings. The summed E-state index contributed by atoms with van der Waals surface area (Å²) in [5.41, 5.74) is 0. The SMILES string of the molecule is CCCCCCCC(=O)OCCOCCOCCOCCOCCOCCOCCOCCOCCOCCCNC(=O)CCC(=O)O. The van der Waals surface area contributed by atoms with Crippen LogP contribution < -0.4 is 5.32 Å². The Morgan fingerprint density at radius 2 is 0.812 bits per heavy atom. The van der Waals surface area contributed by atoms with Gasteiger partial charge < -0.3 is 57.8 Å². The third-order valence-electron chi connectivity index (χ3n) is 6.30. The minimum Gasteiger partial charge on any atom is -0.481 e. The molecule has 0 saturated carbocycles. The van der Waals surface area contributed by atoms with Crippen molar-refractivity contribution in [2.24, 2.45) is 0 Å². The van der Waals surface area contributed by atoms with Gasteiger partial charge in [-0.3, -0.25) is 14.4 Å². The van der Waals surface area contributed by atoms with Gasteiger partial charge in [-0.05, 0) is 12.8 Å². The van der Waals surface area contributed by atoms with Crippen LogP contribution in [0.3, 0.4) is 0 Å². The Labute approximate surface area is 286 Å². The number of rotatable bonds is 40. The molecule has 0 aromatic carbocycles. The second kappa shape index (κ2) is 39.5. The van der Waals surface area contributed by atoms with Crippen molar-refractivity contribution in [2.75, 3.05) is 132 Å². The van der Waals surface area contributed by atoms with Crippen molar-refractivity contribution in [3.8, 4) is 0 Å². The molecule has 1 amide bonds. The first-order valence-corrected chi connectivity index (χ1v) is 17.4. The van der Waals surface area contributed by atoms with Crippen molar-refractivity contribution in [1.29, 1.82) is 0 Å². The highest BCUT2D eigenvalue weighted by molar-refractivity contribution is 5.80. The second-order valence-corrected chi connectivity index (χ2v) is 10.5. The first kappa shape index (κ1) is 46.0. The predicted octanol–water partition coefficient (Wildman–Crippen LogP) is 2.41. The maximum absolute atomic E-state index is 11.6. The monoisotopic (exact) mass is 697 g/mol. The van der Waals surface area contributed by atoms with Gasteiger partial charge in [0.05, 0.1) is 119 Å². The van der Waals surface area contributed by atoms with Gasteiger partial charge in [-0.15, -0.1) is 0 Å². The number of nitrogens with one attached hydrogen (secondary N) is 1. The maximum atomic E-state index is 11.6. The zero-order valence-electron chi connectivity index (χ0n) is 29.3. The average Bonchev–Trinajstić information content (AvgIpc) is 3.07. The number of hydrogen-bond donors (Lipinski definition) is 2.